The van der Waals surface area contributed by atoms with E-state index in [0.717, 1.165) is 10.6 Å². The van der Waals surface area contributed by atoms with Crippen LogP contribution in [0.15, 0.2) is 23.1 Å². The summed E-state index contributed by atoms with van der Waals surface area (Å²) in [5.41, 5.74) is 1.02. The summed E-state index contributed by atoms with van der Waals surface area (Å²) in [6, 6.07) is 4.76. The number of nitrogens with one attached hydrogen (secondary N) is 2. The zero-order chi connectivity index (χ0) is 11.7. The Bertz CT molecular complexity index is 461. The van der Waals surface area contributed by atoms with Crippen molar-refractivity contribution in [3.63, 3.8) is 0 Å². The van der Waals surface area contributed by atoms with E-state index in [4.69, 9.17) is 5.11 Å². The third-order valence-electron chi connectivity index (χ3n) is 2.24. The van der Waals surface area contributed by atoms with Gasteiger partial charge in [-0.1, -0.05) is 11.8 Å². The maximum atomic E-state index is 11.4. The first-order valence-corrected chi connectivity index (χ1v) is 5.52. The second kappa shape index (κ2) is 4.05. The van der Waals surface area contributed by atoms with Crippen LogP contribution >= 0.6 is 11.8 Å². The molecule has 1 heterocycles. The molecule has 0 aliphatic carbocycles. The third-order valence-corrected chi connectivity index (χ3v) is 3.40. The molecule has 1 aliphatic heterocycles. The maximum Gasteiger partial charge on any atom is 0.335 e. The number of fused-ring (bicyclic) bond motifs is 1. The van der Waals surface area contributed by atoms with Gasteiger partial charge in [-0.25, -0.2) is 4.79 Å². The Kier molecular flexibility index (Phi) is 2.74. The SMILES string of the molecule is CNC(=O)C1Nc2ccc(C(=O)O)cc2S1. The number of carbonyl (C=O) groups is 2. The Balaban J connectivity index is 2.24. The van der Waals surface area contributed by atoms with E-state index in [2.05, 4.69) is 10.6 Å². The lowest BCUT2D eigenvalue weighted by atomic mass is 10.2. The molecule has 16 heavy (non-hydrogen) atoms. The normalized spacial score (nSPS) is 17.4. The van der Waals surface area contributed by atoms with E-state index in [-0.39, 0.29) is 16.8 Å². The number of hydrogen-bond acceptors (Lipinski definition) is 4. The number of benzene rings is 1. The molecule has 6 heteroatoms. The van der Waals surface area contributed by atoms with Crippen molar-refractivity contribution in [3.8, 4) is 0 Å². The number of thioether (sulfide) groups is 1. The number of aromatic carboxylic acids is 1. The second-order valence-corrected chi connectivity index (χ2v) is 4.42. The van der Waals surface area contributed by atoms with Gasteiger partial charge in [0.1, 0.15) is 0 Å². The lowest BCUT2D eigenvalue weighted by Crippen LogP contribution is -2.32. The van der Waals surface area contributed by atoms with Crippen LogP contribution in [0.3, 0.4) is 0 Å². The van der Waals surface area contributed by atoms with Crippen LogP contribution in [0.1, 0.15) is 10.4 Å². The second-order valence-electron chi connectivity index (χ2n) is 3.27. The summed E-state index contributed by atoms with van der Waals surface area (Å²) in [5.74, 6) is -1.09. The molecule has 1 aliphatic rings. The van der Waals surface area contributed by atoms with Gasteiger partial charge in [-0.05, 0) is 18.2 Å². The smallest absolute Gasteiger partial charge is 0.335 e. The highest BCUT2D eigenvalue weighted by Gasteiger charge is 2.27. The average Bonchev–Trinajstić information content (AvgIpc) is 2.70. The summed E-state index contributed by atoms with van der Waals surface area (Å²) in [5, 5.41) is 14.0. The lowest BCUT2D eigenvalue weighted by Gasteiger charge is -2.07. The predicted octanol–water partition coefficient (Wildman–Crippen LogP) is 0.974. The Morgan fingerprint density at radius 1 is 1.50 bits per heavy atom. The molecule has 0 radical (unpaired) electrons. The summed E-state index contributed by atoms with van der Waals surface area (Å²) in [4.78, 5) is 22.9. The van der Waals surface area contributed by atoms with Crippen LogP contribution in [-0.4, -0.2) is 29.4 Å². The minimum Gasteiger partial charge on any atom is -0.478 e. The van der Waals surface area contributed by atoms with Gasteiger partial charge in [0, 0.05) is 17.6 Å². The minimum absolute atomic E-state index is 0.127. The van der Waals surface area contributed by atoms with Crippen LogP contribution < -0.4 is 10.6 Å². The van der Waals surface area contributed by atoms with Gasteiger partial charge in [-0.3, -0.25) is 4.79 Å². The molecular formula is C10H10N2O3S. The van der Waals surface area contributed by atoms with Crippen LogP contribution in [0, 0.1) is 0 Å². The number of carboxylic acids is 1. The van der Waals surface area contributed by atoms with E-state index < -0.39 is 5.97 Å². The van der Waals surface area contributed by atoms with Gasteiger partial charge in [0.05, 0.1) is 5.56 Å². The summed E-state index contributed by atoms with van der Waals surface area (Å²) in [6.07, 6.45) is 0. The van der Waals surface area contributed by atoms with Crippen LogP contribution in [-0.2, 0) is 4.79 Å². The number of likely N-dealkylation sites (N-methyl/N-ethyl adjacent to an activating group) is 1. The van der Waals surface area contributed by atoms with E-state index in [1.807, 2.05) is 0 Å². The van der Waals surface area contributed by atoms with Gasteiger partial charge in [-0.2, -0.15) is 0 Å². The minimum atomic E-state index is -0.966. The Labute approximate surface area is 96.2 Å². The molecule has 0 saturated carbocycles. The highest BCUT2D eigenvalue weighted by atomic mass is 32.2. The summed E-state index contributed by atoms with van der Waals surface area (Å²) in [7, 11) is 1.57. The maximum absolute atomic E-state index is 11.4. The molecule has 0 bridgehead atoms. The zero-order valence-corrected chi connectivity index (χ0v) is 9.30. The molecule has 84 valence electrons. The fraction of sp³-hybridized carbons (Fsp3) is 0.200. The van der Waals surface area contributed by atoms with Gasteiger partial charge >= 0.3 is 5.97 Å². The molecule has 0 aromatic heterocycles. The highest BCUT2D eigenvalue weighted by Crippen LogP contribution is 2.38. The fourth-order valence-electron chi connectivity index (χ4n) is 1.42. The number of anilines is 1. The van der Waals surface area contributed by atoms with Crippen molar-refractivity contribution in [2.45, 2.75) is 10.3 Å². The van der Waals surface area contributed by atoms with E-state index in [1.165, 1.54) is 17.8 Å². The van der Waals surface area contributed by atoms with Gasteiger partial charge < -0.3 is 15.7 Å². The van der Waals surface area contributed by atoms with E-state index >= 15 is 0 Å². The summed E-state index contributed by atoms with van der Waals surface area (Å²) in [6.45, 7) is 0. The molecule has 1 atom stereocenters. The van der Waals surface area contributed by atoms with Crippen molar-refractivity contribution in [2.24, 2.45) is 0 Å². The lowest BCUT2D eigenvalue weighted by molar-refractivity contribution is -0.119. The van der Waals surface area contributed by atoms with Crippen molar-refractivity contribution in [2.75, 3.05) is 12.4 Å². The molecule has 2 rings (SSSR count). The van der Waals surface area contributed by atoms with Crippen molar-refractivity contribution < 1.29 is 14.7 Å². The van der Waals surface area contributed by atoms with Crippen molar-refractivity contribution in [3.05, 3.63) is 23.8 Å². The predicted molar refractivity (Wildman–Crippen MR) is 60.7 cm³/mol. The summed E-state index contributed by atoms with van der Waals surface area (Å²) < 4.78 is 0. The molecule has 1 amide bonds. The average molecular weight is 238 g/mol. The molecule has 1 unspecified atom stereocenters. The fourth-order valence-corrected chi connectivity index (χ4v) is 2.53. The molecule has 3 N–H and O–H groups in total. The molecular weight excluding hydrogens is 228 g/mol. The van der Waals surface area contributed by atoms with Gasteiger partial charge in [0.15, 0.2) is 5.37 Å². The van der Waals surface area contributed by atoms with Crippen LogP contribution in [0.25, 0.3) is 0 Å². The molecule has 1 aromatic rings. The topological polar surface area (TPSA) is 78.4 Å². The van der Waals surface area contributed by atoms with E-state index in [1.54, 1.807) is 19.2 Å². The van der Waals surface area contributed by atoms with Crippen LogP contribution in [0.5, 0.6) is 0 Å². The Morgan fingerprint density at radius 3 is 2.88 bits per heavy atom. The molecule has 0 saturated heterocycles. The highest BCUT2D eigenvalue weighted by molar-refractivity contribution is 8.01. The number of carbonyl (C=O) groups excluding carboxylic acids is 1. The molecule has 1 aromatic carbocycles. The standard InChI is InChI=1S/C10H10N2O3S/c1-11-8(13)9-12-6-3-2-5(10(14)15)4-7(6)16-9/h2-4,9,12H,1H3,(H,11,13)(H,14,15). The molecule has 5 nitrogen and oxygen atoms in total. The molecule has 0 spiro atoms. The quantitative estimate of drug-likeness (QED) is 0.715. The van der Waals surface area contributed by atoms with Crippen molar-refractivity contribution in [1.29, 1.82) is 0 Å². The van der Waals surface area contributed by atoms with Gasteiger partial charge in [0.2, 0.25) is 0 Å². The number of amides is 1. The zero-order valence-electron chi connectivity index (χ0n) is 8.48. The van der Waals surface area contributed by atoms with Crippen LogP contribution in [0.4, 0.5) is 5.69 Å². The number of hydrogen-bond donors (Lipinski definition) is 3. The Morgan fingerprint density at radius 2 is 2.25 bits per heavy atom. The van der Waals surface area contributed by atoms with E-state index in [0.29, 0.717) is 0 Å². The van der Waals surface area contributed by atoms with Crippen molar-refractivity contribution in [1.82, 2.24) is 5.32 Å². The number of rotatable bonds is 2. The Hall–Kier alpha value is -1.69. The third kappa shape index (κ3) is 1.83. The molecule has 0 fully saturated rings. The first-order chi connectivity index (χ1) is 7.61. The first-order valence-electron chi connectivity index (χ1n) is 4.64. The monoisotopic (exact) mass is 238 g/mol. The van der Waals surface area contributed by atoms with Gasteiger partial charge in [0.25, 0.3) is 5.91 Å². The largest absolute Gasteiger partial charge is 0.478 e. The van der Waals surface area contributed by atoms with Gasteiger partial charge in [-0.15, -0.1) is 0 Å². The first kappa shape index (κ1) is 10.8. The van der Waals surface area contributed by atoms with Crippen molar-refractivity contribution >= 4 is 29.3 Å². The summed E-state index contributed by atoms with van der Waals surface area (Å²) >= 11 is 1.31. The van der Waals surface area contributed by atoms with E-state index in [9.17, 15) is 9.59 Å². The number of carboxylic acid groups (broad SMARTS) is 1. The van der Waals surface area contributed by atoms with Crippen LogP contribution in [0.2, 0.25) is 0 Å².